The molecule has 136 valence electrons. The molecule has 0 amide bonds. The smallest absolute Gasteiger partial charge is 0.343 e. The van der Waals surface area contributed by atoms with Crippen molar-refractivity contribution in [1.82, 2.24) is 20.0 Å². The van der Waals surface area contributed by atoms with E-state index in [0.29, 0.717) is 16.5 Å². The van der Waals surface area contributed by atoms with Gasteiger partial charge >= 0.3 is 5.97 Å². The lowest BCUT2D eigenvalue weighted by Gasteiger charge is -2.09. The summed E-state index contributed by atoms with van der Waals surface area (Å²) in [6, 6.07) is 13.5. The minimum Gasteiger partial charge on any atom is -0.462 e. The molecule has 0 fully saturated rings. The maximum atomic E-state index is 12.3. The van der Waals surface area contributed by atoms with Crippen molar-refractivity contribution < 1.29 is 9.53 Å². The van der Waals surface area contributed by atoms with Crippen LogP contribution in [0, 0.1) is 0 Å². The van der Waals surface area contributed by atoms with Crippen LogP contribution >= 0.6 is 22.7 Å². The Balaban J connectivity index is 1.71. The van der Waals surface area contributed by atoms with Gasteiger partial charge in [0.1, 0.15) is 5.56 Å². The molecule has 0 radical (unpaired) electrons. The van der Waals surface area contributed by atoms with Crippen LogP contribution in [-0.2, 0) is 4.74 Å². The van der Waals surface area contributed by atoms with Gasteiger partial charge in [-0.3, -0.25) is 0 Å². The minimum atomic E-state index is -0.440. The third-order valence-electron chi connectivity index (χ3n) is 3.65. The quantitative estimate of drug-likeness (QED) is 0.487. The molecule has 3 aromatic heterocycles. The molecule has 0 aliphatic rings. The van der Waals surface area contributed by atoms with Crippen molar-refractivity contribution >= 4 is 39.6 Å². The molecule has 0 aliphatic heterocycles. The van der Waals surface area contributed by atoms with E-state index in [-0.39, 0.29) is 6.61 Å². The van der Waals surface area contributed by atoms with Crippen molar-refractivity contribution in [1.29, 1.82) is 0 Å². The summed E-state index contributed by atoms with van der Waals surface area (Å²) in [5, 5.41) is 19.3. The van der Waals surface area contributed by atoms with Crippen LogP contribution in [0.5, 0.6) is 0 Å². The van der Waals surface area contributed by atoms with E-state index in [0.717, 1.165) is 15.6 Å². The van der Waals surface area contributed by atoms with Gasteiger partial charge in [-0.25, -0.2) is 9.48 Å². The number of ether oxygens (including phenoxy) is 1. The summed E-state index contributed by atoms with van der Waals surface area (Å²) < 4.78 is 6.81. The Morgan fingerprint density at radius 2 is 2.04 bits per heavy atom. The van der Waals surface area contributed by atoms with Gasteiger partial charge in [0.05, 0.1) is 23.4 Å². The topological polar surface area (TPSA) is 81.9 Å². The lowest BCUT2D eigenvalue weighted by atomic mass is 10.3. The van der Waals surface area contributed by atoms with Crippen LogP contribution in [0.1, 0.15) is 17.3 Å². The highest BCUT2D eigenvalue weighted by atomic mass is 32.1. The number of benzene rings is 1. The van der Waals surface area contributed by atoms with Crippen LogP contribution in [0.15, 0.2) is 54.0 Å². The average Bonchev–Trinajstić information content (AvgIpc) is 3.44. The van der Waals surface area contributed by atoms with Gasteiger partial charge < -0.3 is 10.1 Å². The van der Waals surface area contributed by atoms with Gasteiger partial charge in [-0.15, -0.1) is 21.5 Å². The SMILES string of the molecule is CCOC(=O)c1cnn(-c2ccccc2)c1Nc1nnc(-c2cccs2)s1. The molecule has 0 unspecified atom stereocenters. The molecule has 0 aliphatic carbocycles. The maximum absolute atomic E-state index is 12.3. The van der Waals surface area contributed by atoms with Crippen molar-refractivity contribution in [3.05, 3.63) is 59.6 Å². The van der Waals surface area contributed by atoms with Crippen LogP contribution in [0.2, 0.25) is 0 Å². The summed E-state index contributed by atoms with van der Waals surface area (Å²) in [5.74, 6) is 0.0544. The Hall–Kier alpha value is -3.04. The van der Waals surface area contributed by atoms with E-state index in [1.807, 2.05) is 47.8 Å². The summed E-state index contributed by atoms with van der Waals surface area (Å²) in [5.41, 5.74) is 1.16. The molecule has 4 aromatic rings. The lowest BCUT2D eigenvalue weighted by molar-refractivity contribution is 0.0527. The number of hydrogen-bond acceptors (Lipinski definition) is 8. The monoisotopic (exact) mass is 397 g/mol. The van der Waals surface area contributed by atoms with Crippen molar-refractivity contribution in [3.8, 4) is 15.6 Å². The number of rotatable bonds is 6. The molecule has 1 N–H and O–H groups in total. The zero-order valence-corrected chi connectivity index (χ0v) is 16.0. The standard InChI is InChI=1S/C18H15N5O2S2/c1-2-25-17(24)13-11-19-23(12-7-4-3-5-8-12)15(13)20-18-22-21-16(27-18)14-9-6-10-26-14/h3-11H,2H2,1H3,(H,20,22). The van der Waals surface area contributed by atoms with Crippen molar-refractivity contribution in [2.75, 3.05) is 11.9 Å². The number of anilines is 2. The normalized spacial score (nSPS) is 10.7. The van der Waals surface area contributed by atoms with Crippen molar-refractivity contribution in [3.63, 3.8) is 0 Å². The zero-order chi connectivity index (χ0) is 18.6. The first kappa shape index (κ1) is 17.4. The molecule has 3 heterocycles. The molecule has 7 nitrogen and oxygen atoms in total. The van der Waals surface area contributed by atoms with Crippen LogP contribution in [-0.4, -0.2) is 32.6 Å². The predicted molar refractivity (Wildman–Crippen MR) is 106 cm³/mol. The first-order chi connectivity index (χ1) is 13.3. The van der Waals surface area contributed by atoms with Gasteiger partial charge in [-0.05, 0) is 30.5 Å². The third kappa shape index (κ3) is 3.60. The molecule has 1 aromatic carbocycles. The molecule has 0 saturated carbocycles. The predicted octanol–water partition coefficient (Wildman–Crippen LogP) is 4.37. The summed E-state index contributed by atoms with van der Waals surface area (Å²) in [6.45, 7) is 2.06. The number of nitrogens with zero attached hydrogens (tertiary/aromatic N) is 4. The molecular weight excluding hydrogens is 382 g/mol. The van der Waals surface area contributed by atoms with Crippen LogP contribution < -0.4 is 5.32 Å². The number of nitrogens with one attached hydrogen (secondary N) is 1. The first-order valence-electron chi connectivity index (χ1n) is 8.21. The number of para-hydroxylation sites is 1. The van der Waals surface area contributed by atoms with Crippen LogP contribution in [0.25, 0.3) is 15.6 Å². The molecule has 9 heteroatoms. The molecule has 0 spiro atoms. The zero-order valence-electron chi connectivity index (χ0n) is 14.3. The Labute approximate surface area is 163 Å². The Morgan fingerprint density at radius 1 is 1.19 bits per heavy atom. The first-order valence-corrected chi connectivity index (χ1v) is 9.91. The van der Waals surface area contributed by atoms with Gasteiger partial charge in [-0.1, -0.05) is 35.6 Å². The van der Waals surface area contributed by atoms with E-state index in [2.05, 4.69) is 20.6 Å². The fourth-order valence-electron chi connectivity index (χ4n) is 2.47. The summed E-state index contributed by atoms with van der Waals surface area (Å²) in [4.78, 5) is 13.4. The fraction of sp³-hybridized carbons (Fsp3) is 0.111. The average molecular weight is 397 g/mol. The highest BCUT2D eigenvalue weighted by molar-refractivity contribution is 7.22. The second-order valence-corrected chi connectivity index (χ2v) is 7.31. The maximum Gasteiger partial charge on any atom is 0.343 e. The van der Waals surface area contributed by atoms with Gasteiger partial charge in [-0.2, -0.15) is 5.10 Å². The van der Waals surface area contributed by atoms with Crippen LogP contribution in [0.3, 0.4) is 0 Å². The van der Waals surface area contributed by atoms with Crippen molar-refractivity contribution in [2.45, 2.75) is 6.92 Å². The Kier molecular flexibility index (Phi) is 4.95. The molecule has 4 rings (SSSR count). The minimum absolute atomic E-state index is 0.288. The highest BCUT2D eigenvalue weighted by Gasteiger charge is 2.21. The number of aromatic nitrogens is 4. The van der Waals surface area contributed by atoms with E-state index in [4.69, 9.17) is 4.74 Å². The number of hydrogen-bond donors (Lipinski definition) is 1. The molecule has 27 heavy (non-hydrogen) atoms. The molecule has 0 atom stereocenters. The molecule has 0 saturated heterocycles. The Bertz CT molecular complexity index is 1040. The van der Waals surface area contributed by atoms with E-state index in [1.54, 1.807) is 22.9 Å². The number of carbonyl (C=O) groups is 1. The van der Waals surface area contributed by atoms with Gasteiger partial charge in [0.2, 0.25) is 5.13 Å². The largest absolute Gasteiger partial charge is 0.462 e. The number of esters is 1. The summed E-state index contributed by atoms with van der Waals surface area (Å²) >= 11 is 3.01. The third-order valence-corrected chi connectivity index (χ3v) is 5.53. The molecular formula is C18H15N5O2S2. The Morgan fingerprint density at radius 3 is 2.78 bits per heavy atom. The summed E-state index contributed by atoms with van der Waals surface area (Å²) in [7, 11) is 0. The fourth-order valence-corrected chi connectivity index (χ4v) is 4.00. The van der Waals surface area contributed by atoms with E-state index < -0.39 is 5.97 Å². The second kappa shape index (κ2) is 7.68. The molecule has 0 bridgehead atoms. The van der Waals surface area contributed by atoms with E-state index >= 15 is 0 Å². The highest BCUT2D eigenvalue weighted by Crippen LogP contribution is 2.32. The summed E-state index contributed by atoms with van der Waals surface area (Å²) in [6.07, 6.45) is 1.49. The van der Waals surface area contributed by atoms with E-state index in [1.165, 1.54) is 17.5 Å². The van der Waals surface area contributed by atoms with Gasteiger partial charge in [0.15, 0.2) is 10.8 Å². The van der Waals surface area contributed by atoms with Gasteiger partial charge in [0, 0.05) is 0 Å². The van der Waals surface area contributed by atoms with Crippen LogP contribution in [0.4, 0.5) is 10.9 Å². The lowest BCUT2D eigenvalue weighted by Crippen LogP contribution is -2.09. The number of carbonyl (C=O) groups excluding carboxylic acids is 1. The van der Waals surface area contributed by atoms with Gasteiger partial charge in [0.25, 0.3) is 0 Å². The van der Waals surface area contributed by atoms with E-state index in [9.17, 15) is 4.79 Å². The number of thiophene rings is 1. The van der Waals surface area contributed by atoms with Crippen molar-refractivity contribution in [2.24, 2.45) is 0 Å². The second-order valence-electron chi connectivity index (χ2n) is 5.39.